The SMILES string of the molecule is CNCC(C)CC(C)CCCCCCC(C)C. The van der Waals surface area contributed by atoms with Crippen molar-refractivity contribution < 1.29 is 0 Å². The molecule has 1 heteroatoms. The van der Waals surface area contributed by atoms with Gasteiger partial charge in [-0.05, 0) is 37.8 Å². The summed E-state index contributed by atoms with van der Waals surface area (Å²) in [6.45, 7) is 10.6. The molecule has 0 spiro atoms. The summed E-state index contributed by atoms with van der Waals surface area (Å²) in [5.41, 5.74) is 0. The van der Waals surface area contributed by atoms with Crippen LogP contribution in [0.2, 0.25) is 0 Å². The van der Waals surface area contributed by atoms with Crippen LogP contribution in [0.3, 0.4) is 0 Å². The highest BCUT2D eigenvalue weighted by atomic mass is 14.8. The molecule has 0 aromatic rings. The zero-order chi connectivity index (χ0) is 13.1. The standard InChI is InChI=1S/C16H35N/c1-14(2)10-8-6-7-9-11-15(3)12-16(4)13-17-5/h14-17H,6-13H2,1-5H3. The lowest BCUT2D eigenvalue weighted by Gasteiger charge is -2.16. The monoisotopic (exact) mass is 241 g/mol. The Morgan fingerprint density at radius 3 is 1.88 bits per heavy atom. The Morgan fingerprint density at radius 2 is 1.35 bits per heavy atom. The fourth-order valence-electron chi connectivity index (χ4n) is 2.64. The molecule has 2 atom stereocenters. The molecule has 0 amide bonds. The molecule has 0 rings (SSSR count). The minimum atomic E-state index is 0.830. The average molecular weight is 241 g/mol. The van der Waals surface area contributed by atoms with Crippen molar-refractivity contribution in [1.29, 1.82) is 0 Å². The smallest absolute Gasteiger partial charge is 0.00261 e. The molecule has 0 saturated carbocycles. The number of hydrogen-bond acceptors (Lipinski definition) is 1. The van der Waals surface area contributed by atoms with Gasteiger partial charge in [0.1, 0.15) is 0 Å². The van der Waals surface area contributed by atoms with E-state index in [-0.39, 0.29) is 0 Å². The first-order valence-corrected chi connectivity index (χ1v) is 7.70. The first-order valence-electron chi connectivity index (χ1n) is 7.70. The molecular formula is C16H35N. The van der Waals surface area contributed by atoms with E-state index < -0.39 is 0 Å². The van der Waals surface area contributed by atoms with Crippen LogP contribution in [-0.2, 0) is 0 Å². The van der Waals surface area contributed by atoms with Gasteiger partial charge in [-0.3, -0.25) is 0 Å². The topological polar surface area (TPSA) is 12.0 Å². The number of rotatable bonds is 11. The minimum absolute atomic E-state index is 0.830. The van der Waals surface area contributed by atoms with Crippen molar-refractivity contribution in [2.24, 2.45) is 17.8 Å². The first-order chi connectivity index (χ1) is 8.06. The summed E-state index contributed by atoms with van der Waals surface area (Å²) in [6.07, 6.45) is 9.97. The lowest BCUT2D eigenvalue weighted by molar-refractivity contribution is 0.373. The fourth-order valence-corrected chi connectivity index (χ4v) is 2.64. The van der Waals surface area contributed by atoms with Crippen LogP contribution in [0, 0.1) is 17.8 Å². The summed E-state index contributed by atoms with van der Waals surface area (Å²) in [5.74, 6) is 2.62. The molecule has 0 aliphatic heterocycles. The lowest BCUT2D eigenvalue weighted by Crippen LogP contribution is -2.18. The normalized spacial score (nSPS) is 15.2. The Bertz CT molecular complexity index is 154. The van der Waals surface area contributed by atoms with Crippen LogP contribution in [0.1, 0.15) is 72.6 Å². The van der Waals surface area contributed by atoms with E-state index in [0.717, 1.165) is 17.8 Å². The summed E-state index contributed by atoms with van der Waals surface area (Å²) in [6, 6.07) is 0. The van der Waals surface area contributed by atoms with E-state index in [1.807, 2.05) is 0 Å². The summed E-state index contributed by atoms with van der Waals surface area (Å²) in [4.78, 5) is 0. The number of unbranched alkanes of at least 4 members (excludes halogenated alkanes) is 3. The first kappa shape index (κ1) is 17.0. The number of nitrogens with one attached hydrogen (secondary N) is 1. The maximum Gasteiger partial charge on any atom is -0.00261 e. The Balaban J connectivity index is 3.30. The average Bonchev–Trinajstić information content (AvgIpc) is 2.23. The van der Waals surface area contributed by atoms with Gasteiger partial charge in [-0.25, -0.2) is 0 Å². The van der Waals surface area contributed by atoms with Gasteiger partial charge in [0.05, 0.1) is 0 Å². The van der Waals surface area contributed by atoms with Gasteiger partial charge >= 0.3 is 0 Å². The molecule has 104 valence electrons. The van der Waals surface area contributed by atoms with Crippen molar-refractivity contribution in [3.8, 4) is 0 Å². The fraction of sp³-hybridized carbons (Fsp3) is 1.00. The lowest BCUT2D eigenvalue weighted by atomic mass is 9.92. The molecule has 17 heavy (non-hydrogen) atoms. The van der Waals surface area contributed by atoms with Crippen molar-refractivity contribution in [1.82, 2.24) is 5.32 Å². The second-order valence-electron chi connectivity index (χ2n) is 6.39. The second kappa shape index (κ2) is 11.1. The van der Waals surface area contributed by atoms with Crippen LogP contribution in [0.5, 0.6) is 0 Å². The minimum Gasteiger partial charge on any atom is -0.319 e. The van der Waals surface area contributed by atoms with Gasteiger partial charge in [-0.1, -0.05) is 66.2 Å². The van der Waals surface area contributed by atoms with E-state index in [1.165, 1.54) is 51.5 Å². The molecule has 0 aromatic carbocycles. The molecule has 0 bridgehead atoms. The molecule has 0 saturated heterocycles. The summed E-state index contributed by atoms with van der Waals surface area (Å²) < 4.78 is 0. The predicted octanol–water partition coefficient (Wildman–Crippen LogP) is 4.86. The zero-order valence-corrected chi connectivity index (χ0v) is 12.9. The van der Waals surface area contributed by atoms with Gasteiger partial charge in [0.2, 0.25) is 0 Å². The Labute approximate surface area is 110 Å². The molecule has 0 aliphatic rings. The van der Waals surface area contributed by atoms with Gasteiger partial charge in [0.15, 0.2) is 0 Å². The van der Waals surface area contributed by atoms with Gasteiger partial charge in [-0.2, -0.15) is 0 Å². The molecule has 0 aromatic heterocycles. The molecule has 2 unspecified atom stereocenters. The highest BCUT2D eigenvalue weighted by Crippen LogP contribution is 2.19. The van der Waals surface area contributed by atoms with Crippen molar-refractivity contribution >= 4 is 0 Å². The quantitative estimate of drug-likeness (QED) is 0.509. The molecular weight excluding hydrogens is 206 g/mol. The Kier molecular flexibility index (Phi) is 11.0. The third-order valence-corrected chi connectivity index (χ3v) is 3.59. The molecule has 0 fully saturated rings. The van der Waals surface area contributed by atoms with E-state index in [2.05, 4.69) is 40.1 Å². The van der Waals surface area contributed by atoms with E-state index in [1.54, 1.807) is 0 Å². The molecule has 0 heterocycles. The van der Waals surface area contributed by atoms with Crippen LogP contribution < -0.4 is 5.32 Å². The second-order valence-corrected chi connectivity index (χ2v) is 6.39. The molecule has 0 aliphatic carbocycles. The van der Waals surface area contributed by atoms with Crippen LogP contribution >= 0.6 is 0 Å². The van der Waals surface area contributed by atoms with E-state index >= 15 is 0 Å². The van der Waals surface area contributed by atoms with Crippen LogP contribution in [0.4, 0.5) is 0 Å². The summed E-state index contributed by atoms with van der Waals surface area (Å²) in [7, 11) is 2.05. The highest BCUT2D eigenvalue weighted by Gasteiger charge is 2.07. The van der Waals surface area contributed by atoms with Crippen LogP contribution in [-0.4, -0.2) is 13.6 Å². The maximum atomic E-state index is 3.27. The van der Waals surface area contributed by atoms with E-state index in [0.29, 0.717) is 0 Å². The summed E-state index contributed by atoms with van der Waals surface area (Å²) >= 11 is 0. The van der Waals surface area contributed by atoms with Gasteiger partial charge in [0.25, 0.3) is 0 Å². The van der Waals surface area contributed by atoms with Gasteiger partial charge in [0, 0.05) is 0 Å². The van der Waals surface area contributed by atoms with Gasteiger partial charge < -0.3 is 5.32 Å². The van der Waals surface area contributed by atoms with Crippen molar-refractivity contribution in [2.75, 3.05) is 13.6 Å². The highest BCUT2D eigenvalue weighted by molar-refractivity contribution is 4.61. The van der Waals surface area contributed by atoms with Gasteiger partial charge in [-0.15, -0.1) is 0 Å². The molecule has 1 nitrogen and oxygen atoms in total. The van der Waals surface area contributed by atoms with Crippen molar-refractivity contribution in [3.63, 3.8) is 0 Å². The number of hydrogen-bond donors (Lipinski definition) is 1. The van der Waals surface area contributed by atoms with E-state index in [4.69, 9.17) is 0 Å². The predicted molar refractivity (Wildman–Crippen MR) is 79.4 cm³/mol. The van der Waals surface area contributed by atoms with Crippen molar-refractivity contribution in [3.05, 3.63) is 0 Å². The zero-order valence-electron chi connectivity index (χ0n) is 12.9. The third-order valence-electron chi connectivity index (χ3n) is 3.59. The summed E-state index contributed by atoms with van der Waals surface area (Å²) in [5, 5.41) is 3.27. The molecule has 0 radical (unpaired) electrons. The Morgan fingerprint density at radius 1 is 0.765 bits per heavy atom. The maximum absolute atomic E-state index is 3.27. The van der Waals surface area contributed by atoms with E-state index in [9.17, 15) is 0 Å². The van der Waals surface area contributed by atoms with Crippen LogP contribution in [0.15, 0.2) is 0 Å². The molecule has 1 N–H and O–H groups in total. The third kappa shape index (κ3) is 12.2. The van der Waals surface area contributed by atoms with Crippen LogP contribution in [0.25, 0.3) is 0 Å². The Hall–Kier alpha value is -0.0400. The largest absolute Gasteiger partial charge is 0.319 e. The van der Waals surface area contributed by atoms with Crippen molar-refractivity contribution in [2.45, 2.75) is 72.6 Å².